The maximum atomic E-state index is 6.00. The molecule has 0 bridgehead atoms. The predicted octanol–water partition coefficient (Wildman–Crippen LogP) is 3.33. The molecule has 2 rings (SSSR count). The van der Waals surface area contributed by atoms with E-state index in [1.807, 2.05) is 0 Å². The summed E-state index contributed by atoms with van der Waals surface area (Å²) in [5, 5.41) is 3.59. The van der Waals surface area contributed by atoms with Crippen molar-refractivity contribution in [3.8, 4) is 5.75 Å². The number of ether oxygens (including phenoxy) is 2. The predicted molar refractivity (Wildman–Crippen MR) is 82.3 cm³/mol. The molecule has 0 saturated heterocycles. The molecular formula is C17H27NO2. The Balaban J connectivity index is 2.26. The Labute approximate surface area is 122 Å². The van der Waals surface area contributed by atoms with E-state index in [0.717, 1.165) is 31.9 Å². The third kappa shape index (κ3) is 3.33. The molecule has 2 atom stereocenters. The van der Waals surface area contributed by atoms with Crippen LogP contribution in [-0.4, -0.2) is 25.9 Å². The molecule has 0 spiro atoms. The highest BCUT2D eigenvalue weighted by Gasteiger charge is 2.27. The van der Waals surface area contributed by atoms with Crippen LogP contribution in [0.15, 0.2) is 18.2 Å². The molecule has 3 heteroatoms. The highest BCUT2D eigenvalue weighted by atomic mass is 16.5. The average molecular weight is 277 g/mol. The van der Waals surface area contributed by atoms with Gasteiger partial charge in [0.15, 0.2) is 0 Å². The fourth-order valence-corrected chi connectivity index (χ4v) is 2.91. The lowest BCUT2D eigenvalue weighted by molar-refractivity contribution is 0.00316. The van der Waals surface area contributed by atoms with Crippen LogP contribution in [0.2, 0.25) is 0 Å². The summed E-state index contributed by atoms with van der Waals surface area (Å²) in [5.74, 6) is 1.52. The van der Waals surface area contributed by atoms with Gasteiger partial charge in [-0.3, -0.25) is 0 Å². The number of hydrogen-bond acceptors (Lipinski definition) is 3. The van der Waals surface area contributed by atoms with E-state index in [2.05, 4.69) is 51.2 Å². The van der Waals surface area contributed by atoms with Crippen LogP contribution in [0.5, 0.6) is 5.75 Å². The molecule has 0 aromatic heterocycles. The number of likely N-dealkylation sites (N-methyl/N-ethyl adjacent to an activating group) is 1. The van der Waals surface area contributed by atoms with Crippen LogP contribution in [0.3, 0.4) is 0 Å². The Morgan fingerprint density at radius 1 is 1.30 bits per heavy atom. The van der Waals surface area contributed by atoms with Gasteiger partial charge in [-0.1, -0.05) is 32.9 Å². The summed E-state index contributed by atoms with van der Waals surface area (Å²) in [6.07, 6.45) is 1.21. The molecule has 112 valence electrons. The standard InChI is InChI=1S/C17H27NO2/c1-5-18-16(17(12(3)4)19-6-2)14-7-8-15-13(11-14)9-10-20-15/h7-8,11-12,16-18H,5-6,9-10H2,1-4H3. The van der Waals surface area contributed by atoms with Crippen molar-refractivity contribution in [3.63, 3.8) is 0 Å². The molecule has 0 fully saturated rings. The van der Waals surface area contributed by atoms with Gasteiger partial charge in [0.2, 0.25) is 0 Å². The van der Waals surface area contributed by atoms with E-state index < -0.39 is 0 Å². The van der Waals surface area contributed by atoms with Gasteiger partial charge < -0.3 is 14.8 Å². The van der Waals surface area contributed by atoms with Crippen molar-refractivity contribution in [1.29, 1.82) is 0 Å². The lowest BCUT2D eigenvalue weighted by Gasteiger charge is -2.31. The van der Waals surface area contributed by atoms with Gasteiger partial charge in [0.25, 0.3) is 0 Å². The first-order chi connectivity index (χ1) is 9.67. The van der Waals surface area contributed by atoms with Crippen LogP contribution < -0.4 is 10.1 Å². The average Bonchev–Trinajstić information content (AvgIpc) is 2.89. The van der Waals surface area contributed by atoms with Crippen molar-refractivity contribution in [2.45, 2.75) is 46.3 Å². The first-order valence-corrected chi connectivity index (χ1v) is 7.78. The first-order valence-electron chi connectivity index (χ1n) is 7.78. The quantitative estimate of drug-likeness (QED) is 0.829. The summed E-state index contributed by atoms with van der Waals surface area (Å²) >= 11 is 0. The van der Waals surface area contributed by atoms with Crippen molar-refractivity contribution >= 4 is 0 Å². The van der Waals surface area contributed by atoms with Crippen LogP contribution in [0, 0.1) is 5.92 Å². The fourth-order valence-electron chi connectivity index (χ4n) is 2.91. The number of rotatable bonds is 7. The van der Waals surface area contributed by atoms with Gasteiger partial charge in [0.05, 0.1) is 18.8 Å². The van der Waals surface area contributed by atoms with Gasteiger partial charge in [-0.25, -0.2) is 0 Å². The lowest BCUT2D eigenvalue weighted by atomic mass is 9.92. The minimum atomic E-state index is 0.195. The Hall–Kier alpha value is -1.06. The second-order valence-corrected chi connectivity index (χ2v) is 5.66. The molecule has 0 saturated carbocycles. The van der Waals surface area contributed by atoms with Gasteiger partial charge in [0, 0.05) is 13.0 Å². The van der Waals surface area contributed by atoms with Gasteiger partial charge >= 0.3 is 0 Å². The summed E-state index contributed by atoms with van der Waals surface area (Å²) in [6.45, 7) is 11.2. The second kappa shape index (κ2) is 7.09. The van der Waals surface area contributed by atoms with Gasteiger partial charge in [0.1, 0.15) is 5.75 Å². The molecule has 1 heterocycles. The van der Waals surface area contributed by atoms with Gasteiger partial charge in [-0.15, -0.1) is 0 Å². The smallest absolute Gasteiger partial charge is 0.122 e. The van der Waals surface area contributed by atoms with Crippen molar-refractivity contribution in [1.82, 2.24) is 5.32 Å². The van der Waals surface area contributed by atoms with E-state index in [0.29, 0.717) is 5.92 Å². The minimum absolute atomic E-state index is 0.195. The number of fused-ring (bicyclic) bond motifs is 1. The molecule has 0 aliphatic carbocycles. The van der Waals surface area contributed by atoms with Crippen LogP contribution in [-0.2, 0) is 11.2 Å². The second-order valence-electron chi connectivity index (χ2n) is 5.66. The maximum absolute atomic E-state index is 6.00. The monoisotopic (exact) mass is 277 g/mol. The Bertz CT molecular complexity index is 431. The van der Waals surface area contributed by atoms with Crippen LogP contribution in [0.1, 0.15) is 44.9 Å². The van der Waals surface area contributed by atoms with Crippen molar-refractivity contribution < 1.29 is 9.47 Å². The van der Waals surface area contributed by atoms with Gasteiger partial charge in [-0.2, -0.15) is 0 Å². The fraction of sp³-hybridized carbons (Fsp3) is 0.647. The van der Waals surface area contributed by atoms with Crippen molar-refractivity contribution in [2.75, 3.05) is 19.8 Å². The molecule has 1 aliphatic rings. The van der Waals surface area contributed by atoms with Crippen LogP contribution in [0.25, 0.3) is 0 Å². The molecule has 2 unspecified atom stereocenters. The van der Waals surface area contributed by atoms with Gasteiger partial charge in [-0.05, 0) is 36.6 Å². The van der Waals surface area contributed by atoms with E-state index in [4.69, 9.17) is 9.47 Å². The molecule has 1 N–H and O–H groups in total. The minimum Gasteiger partial charge on any atom is -0.493 e. The van der Waals surface area contributed by atoms with E-state index in [9.17, 15) is 0 Å². The summed E-state index contributed by atoms with van der Waals surface area (Å²) < 4.78 is 11.6. The summed E-state index contributed by atoms with van der Waals surface area (Å²) in [6, 6.07) is 6.80. The SMILES string of the molecule is CCNC(c1ccc2c(c1)CCO2)C(OCC)C(C)C. The first kappa shape index (κ1) is 15.3. The van der Waals surface area contributed by atoms with E-state index in [1.165, 1.54) is 11.1 Å². The third-order valence-electron chi connectivity index (χ3n) is 3.84. The molecule has 20 heavy (non-hydrogen) atoms. The molecule has 1 aromatic carbocycles. The Morgan fingerprint density at radius 2 is 2.10 bits per heavy atom. The third-order valence-corrected chi connectivity index (χ3v) is 3.84. The van der Waals surface area contributed by atoms with Crippen LogP contribution >= 0.6 is 0 Å². The zero-order valence-electron chi connectivity index (χ0n) is 13.1. The Kier molecular flexibility index (Phi) is 5.44. The van der Waals surface area contributed by atoms with E-state index >= 15 is 0 Å². The normalized spacial score (nSPS) is 16.9. The molecule has 1 aromatic rings. The number of nitrogens with one attached hydrogen (secondary N) is 1. The maximum Gasteiger partial charge on any atom is 0.122 e. The number of hydrogen-bond donors (Lipinski definition) is 1. The molecule has 0 amide bonds. The topological polar surface area (TPSA) is 30.5 Å². The van der Waals surface area contributed by atoms with Crippen molar-refractivity contribution in [2.24, 2.45) is 5.92 Å². The highest BCUT2D eigenvalue weighted by Crippen LogP contribution is 2.31. The van der Waals surface area contributed by atoms with Crippen LogP contribution in [0.4, 0.5) is 0 Å². The van der Waals surface area contributed by atoms with E-state index in [-0.39, 0.29) is 12.1 Å². The summed E-state index contributed by atoms with van der Waals surface area (Å²) in [4.78, 5) is 0. The Morgan fingerprint density at radius 3 is 2.75 bits per heavy atom. The summed E-state index contributed by atoms with van der Waals surface area (Å²) in [5.41, 5.74) is 2.63. The van der Waals surface area contributed by atoms with Crippen molar-refractivity contribution in [3.05, 3.63) is 29.3 Å². The zero-order valence-corrected chi connectivity index (χ0v) is 13.1. The zero-order chi connectivity index (χ0) is 14.5. The largest absolute Gasteiger partial charge is 0.493 e. The molecular weight excluding hydrogens is 250 g/mol. The molecule has 0 radical (unpaired) electrons. The molecule has 3 nitrogen and oxygen atoms in total. The van der Waals surface area contributed by atoms with E-state index in [1.54, 1.807) is 0 Å². The summed E-state index contributed by atoms with van der Waals surface area (Å²) in [7, 11) is 0. The molecule has 1 aliphatic heterocycles. The highest BCUT2D eigenvalue weighted by molar-refractivity contribution is 5.41. The number of benzene rings is 1. The lowest BCUT2D eigenvalue weighted by Crippen LogP contribution is -2.37.